The summed E-state index contributed by atoms with van der Waals surface area (Å²) in [5.74, 6) is -0.450. The predicted molar refractivity (Wildman–Crippen MR) is 69.0 cm³/mol. The Morgan fingerprint density at radius 1 is 1.32 bits per heavy atom. The molecule has 0 spiro atoms. The van der Waals surface area contributed by atoms with Crippen LogP contribution in [0.2, 0.25) is 0 Å². The monoisotopic (exact) mass is 332 g/mol. The third kappa shape index (κ3) is 2.64. The molecule has 3 rings (SSSR count). The Morgan fingerprint density at radius 2 is 1.91 bits per heavy atom. The Labute approximate surface area is 171 Å². The van der Waals surface area contributed by atoms with Crippen LogP contribution in [0.5, 0.6) is 17.8 Å². The van der Waals surface area contributed by atoms with Crippen LogP contribution in [0.15, 0.2) is 6.07 Å². The topological polar surface area (TPSA) is 93.6 Å². The first-order valence-electron chi connectivity index (χ1n) is 6.80. The number of rotatable bonds is 5. The van der Waals surface area contributed by atoms with Gasteiger partial charge in [0.15, 0.2) is 0 Å². The van der Waals surface area contributed by atoms with E-state index >= 15 is 0 Å². The fourth-order valence-electron chi connectivity index (χ4n) is 3.46. The molecule has 2 aliphatic rings. The predicted octanol–water partition coefficient (Wildman–Crippen LogP) is -2.81. The van der Waals surface area contributed by atoms with Gasteiger partial charge in [-0.3, -0.25) is 0 Å². The van der Waals surface area contributed by atoms with Crippen LogP contribution in [0.25, 0.3) is 0 Å². The largest absolute Gasteiger partial charge is 1.00 e. The van der Waals surface area contributed by atoms with Crippen molar-refractivity contribution in [3.63, 3.8) is 0 Å². The van der Waals surface area contributed by atoms with E-state index in [0.717, 1.165) is 6.42 Å². The van der Waals surface area contributed by atoms with Gasteiger partial charge in [0.25, 0.3) is 0 Å². The molecule has 0 aliphatic heterocycles. The van der Waals surface area contributed by atoms with Gasteiger partial charge in [-0.1, -0.05) is 6.92 Å². The number of aromatic nitrogens is 2. The fourth-order valence-corrected chi connectivity index (χ4v) is 3.46. The van der Waals surface area contributed by atoms with E-state index in [1.807, 2.05) is 6.92 Å². The summed E-state index contributed by atoms with van der Waals surface area (Å²) in [6, 6.07) is 1.59. The Balaban J connectivity index is 0.00000176. The molecule has 3 unspecified atom stereocenters. The number of carbonyl (C=O) groups is 1. The molecule has 1 aromatic heterocycles. The van der Waals surface area contributed by atoms with E-state index in [1.165, 1.54) is 20.3 Å². The van der Waals surface area contributed by atoms with E-state index in [0.29, 0.717) is 24.6 Å². The molecule has 1 heterocycles. The molecule has 114 valence electrons. The van der Waals surface area contributed by atoms with Crippen molar-refractivity contribution in [3.8, 4) is 17.8 Å². The Morgan fingerprint density at radius 3 is 2.36 bits per heavy atom. The number of carboxylic acids is 1. The number of fused-ring (bicyclic) bond motifs is 1. The summed E-state index contributed by atoms with van der Waals surface area (Å²) < 4.78 is 15.8. The number of carbonyl (C=O) groups excluding carboxylic acids is 1. The maximum Gasteiger partial charge on any atom is 1.00 e. The standard InChI is InChI=1S/C14H18N2O5.K/c1-13-5-4-8(14(13,7-13)11(17)18)21-12-15-9(19-2)6-10(16-12)20-3;/h6,8H,4-5,7H2,1-3H3,(H,17,18);/q;+1/p-1. The summed E-state index contributed by atoms with van der Waals surface area (Å²) in [5.41, 5.74) is -1.16. The van der Waals surface area contributed by atoms with E-state index in [1.54, 1.807) is 0 Å². The maximum atomic E-state index is 11.5. The minimum absolute atomic E-state index is 0. The summed E-state index contributed by atoms with van der Waals surface area (Å²) in [6.07, 6.45) is 1.54. The third-order valence-electron chi connectivity index (χ3n) is 4.82. The zero-order chi connectivity index (χ0) is 15.3. The fraction of sp³-hybridized carbons (Fsp3) is 0.643. The van der Waals surface area contributed by atoms with Crippen LogP contribution in [0.3, 0.4) is 0 Å². The molecule has 0 saturated heterocycles. The molecule has 0 aromatic carbocycles. The van der Waals surface area contributed by atoms with Crippen LogP contribution in [-0.4, -0.2) is 36.3 Å². The molecule has 0 N–H and O–H groups in total. The Kier molecular flexibility index (Phi) is 5.08. The zero-order valence-electron chi connectivity index (χ0n) is 13.2. The molecule has 1 aromatic rings. The van der Waals surface area contributed by atoms with E-state index < -0.39 is 17.5 Å². The summed E-state index contributed by atoms with van der Waals surface area (Å²) >= 11 is 0. The van der Waals surface area contributed by atoms with Gasteiger partial charge in [-0.05, 0) is 24.7 Å². The van der Waals surface area contributed by atoms with Crippen molar-refractivity contribution in [2.24, 2.45) is 10.8 Å². The van der Waals surface area contributed by atoms with Crippen molar-refractivity contribution >= 4 is 5.97 Å². The second-order valence-electron chi connectivity index (χ2n) is 5.88. The van der Waals surface area contributed by atoms with Crippen molar-refractivity contribution in [1.29, 1.82) is 0 Å². The first-order chi connectivity index (χ1) is 9.95. The molecule has 0 amide bonds. The first kappa shape index (κ1) is 17.9. The smallest absolute Gasteiger partial charge is 0.549 e. The molecule has 0 bridgehead atoms. The summed E-state index contributed by atoms with van der Waals surface area (Å²) in [5, 5.41) is 11.5. The van der Waals surface area contributed by atoms with Crippen LogP contribution in [0, 0.1) is 10.8 Å². The minimum Gasteiger partial charge on any atom is -0.549 e. The van der Waals surface area contributed by atoms with Gasteiger partial charge < -0.3 is 24.1 Å². The third-order valence-corrected chi connectivity index (χ3v) is 4.82. The molecule has 3 atom stereocenters. The summed E-state index contributed by atoms with van der Waals surface area (Å²) in [7, 11) is 2.95. The first-order valence-corrected chi connectivity index (χ1v) is 6.80. The number of ether oxygens (including phenoxy) is 3. The van der Waals surface area contributed by atoms with Crippen molar-refractivity contribution < 1.29 is 75.5 Å². The van der Waals surface area contributed by atoms with E-state index in [2.05, 4.69) is 9.97 Å². The molecular formula is C14H17KN2O5. The number of hydrogen-bond donors (Lipinski definition) is 0. The van der Waals surface area contributed by atoms with E-state index in [4.69, 9.17) is 14.2 Å². The second-order valence-corrected chi connectivity index (χ2v) is 5.88. The second kappa shape index (κ2) is 6.24. The Bertz CT molecular complexity index is 576. The Hall–Kier alpha value is -0.414. The van der Waals surface area contributed by atoms with Crippen LogP contribution >= 0.6 is 0 Å². The normalized spacial score (nSPS) is 31.7. The van der Waals surface area contributed by atoms with Crippen molar-refractivity contribution in [3.05, 3.63) is 6.07 Å². The molecule has 0 radical (unpaired) electrons. The maximum absolute atomic E-state index is 11.5. The molecule has 22 heavy (non-hydrogen) atoms. The summed E-state index contributed by atoms with van der Waals surface area (Å²) in [6.45, 7) is 1.96. The number of nitrogens with zero attached hydrogens (tertiary/aromatic N) is 2. The van der Waals surface area contributed by atoms with Gasteiger partial charge in [-0.15, -0.1) is 0 Å². The summed E-state index contributed by atoms with van der Waals surface area (Å²) in [4.78, 5) is 19.7. The molecule has 2 fully saturated rings. The average molecular weight is 332 g/mol. The van der Waals surface area contributed by atoms with Crippen LogP contribution < -0.4 is 70.7 Å². The number of hydrogen-bond acceptors (Lipinski definition) is 7. The van der Waals surface area contributed by atoms with E-state index in [9.17, 15) is 9.90 Å². The number of carboxylic acid groups (broad SMARTS) is 1. The van der Waals surface area contributed by atoms with Gasteiger partial charge in [0.05, 0.1) is 31.7 Å². The average Bonchev–Trinajstić information content (AvgIpc) is 3.02. The van der Waals surface area contributed by atoms with Gasteiger partial charge >= 0.3 is 57.4 Å². The molecule has 8 heteroatoms. The van der Waals surface area contributed by atoms with Crippen LogP contribution in [-0.2, 0) is 4.79 Å². The van der Waals surface area contributed by atoms with Crippen molar-refractivity contribution in [2.45, 2.75) is 32.3 Å². The minimum atomic E-state index is -1.05. The van der Waals surface area contributed by atoms with Gasteiger partial charge in [0.1, 0.15) is 6.10 Å². The van der Waals surface area contributed by atoms with Crippen LogP contribution in [0.1, 0.15) is 26.2 Å². The van der Waals surface area contributed by atoms with Gasteiger partial charge in [-0.25, -0.2) is 0 Å². The van der Waals surface area contributed by atoms with E-state index in [-0.39, 0.29) is 62.8 Å². The molecular weight excluding hydrogens is 315 g/mol. The van der Waals surface area contributed by atoms with Gasteiger partial charge in [-0.2, -0.15) is 9.97 Å². The van der Waals surface area contributed by atoms with Gasteiger partial charge in [0.2, 0.25) is 11.8 Å². The van der Waals surface area contributed by atoms with Crippen LogP contribution in [0.4, 0.5) is 0 Å². The van der Waals surface area contributed by atoms with Crippen molar-refractivity contribution in [2.75, 3.05) is 14.2 Å². The molecule has 7 nitrogen and oxygen atoms in total. The van der Waals surface area contributed by atoms with Crippen molar-refractivity contribution in [1.82, 2.24) is 9.97 Å². The zero-order valence-corrected chi connectivity index (χ0v) is 16.3. The molecule has 2 aliphatic carbocycles. The quantitative estimate of drug-likeness (QED) is 0.537. The SMILES string of the molecule is COc1cc(OC)nc(OC2CCC3(C)CC23C(=O)[O-])n1.[K+]. The number of aliphatic carboxylic acids is 1. The number of methoxy groups -OCH3 is 2. The van der Waals surface area contributed by atoms with Gasteiger partial charge in [0, 0.05) is 0 Å². The molecule has 2 saturated carbocycles.